The van der Waals surface area contributed by atoms with E-state index in [1.54, 1.807) is 0 Å². The number of hydrogen-bond acceptors (Lipinski definition) is 2. The average Bonchev–Trinajstić information content (AvgIpc) is 2.14. The van der Waals surface area contributed by atoms with Gasteiger partial charge in [0.15, 0.2) is 0 Å². The highest BCUT2D eigenvalue weighted by Gasteiger charge is 2.38. The Balaban J connectivity index is 1.88. The second kappa shape index (κ2) is 4.42. The topological polar surface area (TPSA) is 29.3 Å². The molecule has 1 saturated carbocycles. The summed E-state index contributed by atoms with van der Waals surface area (Å²) in [6.07, 6.45) is 6.88. The van der Waals surface area contributed by atoms with Crippen LogP contribution in [0.2, 0.25) is 0 Å². The Morgan fingerprint density at radius 3 is 2.53 bits per heavy atom. The lowest BCUT2D eigenvalue weighted by molar-refractivity contribution is 0.0301. The Hall–Kier alpha value is -0.0800. The zero-order chi connectivity index (χ0) is 10.9. The highest BCUT2D eigenvalue weighted by atomic mass is 15.2. The molecule has 2 heteroatoms. The molecule has 2 N–H and O–H groups in total. The molecule has 88 valence electrons. The number of likely N-dealkylation sites (tertiary alicyclic amines) is 1. The lowest BCUT2D eigenvalue weighted by atomic mass is 9.68. The van der Waals surface area contributed by atoms with Gasteiger partial charge in [0.2, 0.25) is 0 Å². The summed E-state index contributed by atoms with van der Waals surface area (Å²) < 4.78 is 0. The molecule has 2 unspecified atom stereocenters. The first-order chi connectivity index (χ1) is 7.15. The van der Waals surface area contributed by atoms with E-state index in [1.165, 1.54) is 45.2 Å². The lowest BCUT2D eigenvalue weighted by Crippen LogP contribution is -2.51. The number of piperidine rings is 1. The molecular weight excluding hydrogens is 184 g/mol. The fraction of sp³-hybridized carbons (Fsp3) is 1.00. The van der Waals surface area contributed by atoms with Gasteiger partial charge >= 0.3 is 0 Å². The van der Waals surface area contributed by atoms with E-state index in [-0.39, 0.29) is 0 Å². The summed E-state index contributed by atoms with van der Waals surface area (Å²) in [5, 5.41) is 0. The van der Waals surface area contributed by atoms with Crippen molar-refractivity contribution in [1.29, 1.82) is 0 Å². The minimum absolute atomic E-state index is 0.495. The van der Waals surface area contributed by atoms with Gasteiger partial charge in [-0.05, 0) is 57.0 Å². The number of nitrogens with two attached hydrogens (primary N) is 1. The van der Waals surface area contributed by atoms with Crippen molar-refractivity contribution in [3.05, 3.63) is 0 Å². The van der Waals surface area contributed by atoms with Crippen molar-refractivity contribution in [3.63, 3.8) is 0 Å². The summed E-state index contributed by atoms with van der Waals surface area (Å²) >= 11 is 0. The van der Waals surface area contributed by atoms with Crippen molar-refractivity contribution in [2.75, 3.05) is 19.6 Å². The molecule has 15 heavy (non-hydrogen) atoms. The summed E-state index contributed by atoms with van der Waals surface area (Å²) in [6.45, 7) is 8.22. The third kappa shape index (κ3) is 2.36. The number of rotatable bonds is 3. The third-order valence-corrected chi connectivity index (χ3v) is 4.66. The molecule has 0 radical (unpaired) electrons. The van der Waals surface area contributed by atoms with E-state index in [9.17, 15) is 0 Å². The van der Waals surface area contributed by atoms with Crippen molar-refractivity contribution in [1.82, 2.24) is 4.90 Å². The summed E-state index contributed by atoms with van der Waals surface area (Å²) in [7, 11) is 0. The molecule has 1 aliphatic carbocycles. The largest absolute Gasteiger partial charge is 0.330 e. The first kappa shape index (κ1) is 11.4. The molecule has 0 spiro atoms. The van der Waals surface area contributed by atoms with Crippen LogP contribution in [0, 0.1) is 11.3 Å². The molecule has 2 atom stereocenters. The van der Waals surface area contributed by atoms with Crippen LogP contribution >= 0.6 is 0 Å². The van der Waals surface area contributed by atoms with Gasteiger partial charge in [0.05, 0.1) is 0 Å². The van der Waals surface area contributed by atoms with Gasteiger partial charge in [0.25, 0.3) is 0 Å². The molecular formula is C13H26N2. The Morgan fingerprint density at radius 2 is 2.07 bits per heavy atom. The van der Waals surface area contributed by atoms with Gasteiger partial charge in [-0.2, -0.15) is 0 Å². The maximum Gasteiger partial charge on any atom is 0.00697 e. The van der Waals surface area contributed by atoms with Crippen molar-refractivity contribution in [3.8, 4) is 0 Å². The van der Waals surface area contributed by atoms with Crippen LogP contribution in [-0.2, 0) is 0 Å². The van der Waals surface area contributed by atoms with Crippen LogP contribution in [0.5, 0.6) is 0 Å². The Morgan fingerprint density at radius 1 is 1.33 bits per heavy atom. The summed E-state index contributed by atoms with van der Waals surface area (Å²) in [5.74, 6) is 0.923. The quantitative estimate of drug-likeness (QED) is 0.774. The second-order valence-electron chi connectivity index (χ2n) is 6.01. The van der Waals surface area contributed by atoms with E-state index < -0.39 is 0 Å². The molecule has 2 aliphatic rings. The smallest absolute Gasteiger partial charge is 0.00697 e. The van der Waals surface area contributed by atoms with E-state index in [0.717, 1.165) is 18.5 Å². The number of hydrogen-bond donors (Lipinski definition) is 1. The predicted octanol–water partition coefficient (Wildman–Crippen LogP) is 2.24. The van der Waals surface area contributed by atoms with Gasteiger partial charge in [-0.25, -0.2) is 0 Å². The van der Waals surface area contributed by atoms with Gasteiger partial charge < -0.3 is 10.6 Å². The molecule has 1 aliphatic heterocycles. The van der Waals surface area contributed by atoms with E-state index in [0.29, 0.717) is 5.41 Å². The van der Waals surface area contributed by atoms with E-state index in [4.69, 9.17) is 5.73 Å². The fourth-order valence-corrected chi connectivity index (χ4v) is 3.23. The lowest BCUT2D eigenvalue weighted by Gasteiger charge is -2.48. The van der Waals surface area contributed by atoms with Crippen LogP contribution in [0.1, 0.15) is 46.0 Å². The van der Waals surface area contributed by atoms with Gasteiger partial charge in [-0.15, -0.1) is 0 Å². The first-order valence-electron chi connectivity index (χ1n) is 6.59. The minimum atomic E-state index is 0.495. The molecule has 0 aromatic heterocycles. The molecule has 2 rings (SSSR count). The van der Waals surface area contributed by atoms with Crippen LogP contribution in [0.3, 0.4) is 0 Å². The molecule has 2 fully saturated rings. The Bertz CT molecular complexity index is 205. The van der Waals surface area contributed by atoms with Gasteiger partial charge in [0.1, 0.15) is 0 Å². The van der Waals surface area contributed by atoms with Crippen LogP contribution in [0.15, 0.2) is 0 Å². The molecule has 0 bridgehead atoms. The van der Waals surface area contributed by atoms with Gasteiger partial charge in [-0.3, -0.25) is 0 Å². The fourth-order valence-electron chi connectivity index (χ4n) is 3.23. The van der Waals surface area contributed by atoms with Crippen LogP contribution in [0.25, 0.3) is 0 Å². The molecule has 0 amide bonds. The normalized spacial score (nSPS) is 36.2. The zero-order valence-corrected chi connectivity index (χ0v) is 10.3. The summed E-state index contributed by atoms with van der Waals surface area (Å²) in [4.78, 5) is 2.69. The van der Waals surface area contributed by atoms with Gasteiger partial charge in [0, 0.05) is 12.6 Å². The maximum absolute atomic E-state index is 5.93. The maximum atomic E-state index is 5.93. The second-order valence-corrected chi connectivity index (χ2v) is 6.01. The summed E-state index contributed by atoms with van der Waals surface area (Å²) in [5.41, 5.74) is 6.43. The minimum Gasteiger partial charge on any atom is -0.330 e. The molecule has 0 aromatic carbocycles. The van der Waals surface area contributed by atoms with E-state index >= 15 is 0 Å². The van der Waals surface area contributed by atoms with E-state index in [1.807, 2.05) is 0 Å². The highest BCUT2D eigenvalue weighted by Crippen LogP contribution is 2.41. The van der Waals surface area contributed by atoms with Crippen molar-refractivity contribution in [2.45, 2.75) is 52.0 Å². The van der Waals surface area contributed by atoms with Crippen molar-refractivity contribution < 1.29 is 0 Å². The van der Waals surface area contributed by atoms with Crippen LogP contribution < -0.4 is 5.73 Å². The SMILES string of the molecule is CC1CCN(CC2(CN)CCC2)C(C)C1. The highest BCUT2D eigenvalue weighted by molar-refractivity contribution is 4.93. The first-order valence-corrected chi connectivity index (χ1v) is 6.59. The molecule has 0 aromatic rings. The van der Waals surface area contributed by atoms with Crippen LogP contribution in [-0.4, -0.2) is 30.6 Å². The monoisotopic (exact) mass is 210 g/mol. The summed E-state index contributed by atoms with van der Waals surface area (Å²) in [6, 6.07) is 0.776. The van der Waals surface area contributed by atoms with Crippen LogP contribution in [0.4, 0.5) is 0 Å². The third-order valence-electron chi connectivity index (χ3n) is 4.66. The molecule has 1 saturated heterocycles. The molecule has 2 nitrogen and oxygen atoms in total. The van der Waals surface area contributed by atoms with Crippen molar-refractivity contribution in [2.24, 2.45) is 17.1 Å². The van der Waals surface area contributed by atoms with E-state index in [2.05, 4.69) is 18.7 Å². The zero-order valence-electron chi connectivity index (χ0n) is 10.3. The van der Waals surface area contributed by atoms with Gasteiger partial charge in [-0.1, -0.05) is 13.3 Å². The standard InChI is InChI=1S/C13H26N2/c1-11-4-7-15(12(2)8-11)10-13(9-14)5-3-6-13/h11-12H,3-10,14H2,1-2H3. The Labute approximate surface area is 94.2 Å². The average molecular weight is 210 g/mol. The Kier molecular flexibility index (Phi) is 3.36. The predicted molar refractivity (Wildman–Crippen MR) is 64.8 cm³/mol. The number of nitrogens with zero attached hydrogens (tertiary/aromatic N) is 1. The van der Waals surface area contributed by atoms with Crippen molar-refractivity contribution >= 4 is 0 Å². The molecule has 1 heterocycles.